The lowest BCUT2D eigenvalue weighted by Gasteiger charge is -2.12. The van der Waals surface area contributed by atoms with Crippen molar-refractivity contribution >= 4 is 11.6 Å². The molecule has 1 rings (SSSR count). The summed E-state index contributed by atoms with van der Waals surface area (Å²) >= 11 is 0. The second-order valence-corrected chi connectivity index (χ2v) is 5.39. The van der Waals surface area contributed by atoms with Crippen molar-refractivity contribution in [1.82, 2.24) is 10.2 Å². The summed E-state index contributed by atoms with van der Waals surface area (Å²) in [5.74, 6) is 0.875. The second-order valence-electron chi connectivity index (χ2n) is 5.39. The molecule has 21 heavy (non-hydrogen) atoms. The van der Waals surface area contributed by atoms with Gasteiger partial charge in [-0.2, -0.15) is 0 Å². The van der Waals surface area contributed by atoms with Gasteiger partial charge in [-0.05, 0) is 51.7 Å². The Morgan fingerprint density at radius 1 is 1.29 bits per heavy atom. The minimum absolute atomic E-state index is 0.0767. The van der Waals surface area contributed by atoms with Crippen LogP contribution in [0.3, 0.4) is 0 Å². The summed E-state index contributed by atoms with van der Waals surface area (Å²) in [7, 11) is 5.70. The number of benzene rings is 1. The first-order valence-corrected chi connectivity index (χ1v) is 7.33. The molecular formula is C16H27N3O2. The number of nitrogens with zero attached hydrogens (tertiary/aromatic N) is 1. The molecule has 0 unspecified atom stereocenters. The largest absolute Gasteiger partial charge is 0.495 e. The first-order valence-electron chi connectivity index (χ1n) is 7.33. The highest BCUT2D eigenvalue weighted by atomic mass is 16.5. The number of hydrogen-bond donors (Lipinski definition) is 2. The molecule has 118 valence electrons. The van der Waals surface area contributed by atoms with Gasteiger partial charge in [0.25, 0.3) is 0 Å². The molecule has 0 bridgehead atoms. The highest BCUT2D eigenvalue weighted by molar-refractivity contribution is 5.76. The maximum atomic E-state index is 11.7. The van der Waals surface area contributed by atoms with E-state index in [1.54, 1.807) is 7.11 Å². The van der Waals surface area contributed by atoms with Crippen molar-refractivity contribution in [2.24, 2.45) is 0 Å². The molecule has 0 atom stereocenters. The van der Waals surface area contributed by atoms with Gasteiger partial charge in [-0.15, -0.1) is 0 Å². The monoisotopic (exact) mass is 293 g/mol. The number of amides is 1. The number of methoxy groups -OCH3 is 1. The van der Waals surface area contributed by atoms with Gasteiger partial charge in [-0.3, -0.25) is 4.79 Å². The molecule has 0 aliphatic heterocycles. The van der Waals surface area contributed by atoms with Gasteiger partial charge >= 0.3 is 0 Å². The Bertz CT molecular complexity index is 447. The molecule has 5 nitrogen and oxygen atoms in total. The molecule has 0 aliphatic carbocycles. The van der Waals surface area contributed by atoms with Gasteiger partial charge in [0.05, 0.1) is 12.8 Å². The Morgan fingerprint density at radius 3 is 2.71 bits per heavy atom. The van der Waals surface area contributed by atoms with Gasteiger partial charge in [-0.1, -0.05) is 6.07 Å². The van der Waals surface area contributed by atoms with E-state index in [-0.39, 0.29) is 5.91 Å². The number of aryl methyl sites for hydroxylation is 1. The van der Waals surface area contributed by atoms with Crippen LogP contribution in [0.25, 0.3) is 0 Å². The average molecular weight is 293 g/mol. The van der Waals surface area contributed by atoms with Crippen LogP contribution in [0.1, 0.15) is 18.4 Å². The summed E-state index contributed by atoms with van der Waals surface area (Å²) < 4.78 is 5.29. The van der Waals surface area contributed by atoms with Crippen LogP contribution in [-0.2, 0) is 4.79 Å². The predicted molar refractivity (Wildman–Crippen MR) is 87.0 cm³/mol. The number of rotatable bonds is 9. The first-order chi connectivity index (χ1) is 10.0. The van der Waals surface area contributed by atoms with Crippen LogP contribution in [0.15, 0.2) is 18.2 Å². The molecule has 5 heteroatoms. The third kappa shape index (κ3) is 6.99. The number of ether oxygens (including phenoxy) is 1. The standard InChI is InChI=1S/C16H27N3O2/c1-13-6-7-15(21-4)14(12-13)17-10-8-16(20)18-9-5-11-19(2)3/h6-7,12,17H,5,8-11H2,1-4H3,(H,18,20). The fourth-order valence-electron chi connectivity index (χ4n) is 1.98. The quantitative estimate of drug-likeness (QED) is 0.683. The van der Waals surface area contributed by atoms with Crippen molar-refractivity contribution in [1.29, 1.82) is 0 Å². The van der Waals surface area contributed by atoms with Crippen LogP contribution in [0.2, 0.25) is 0 Å². The average Bonchev–Trinajstić information content (AvgIpc) is 2.44. The van der Waals surface area contributed by atoms with Gasteiger partial charge in [0.1, 0.15) is 5.75 Å². The van der Waals surface area contributed by atoms with E-state index in [4.69, 9.17) is 4.74 Å². The van der Waals surface area contributed by atoms with Crippen LogP contribution >= 0.6 is 0 Å². The minimum atomic E-state index is 0.0767. The minimum Gasteiger partial charge on any atom is -0.495 e. The first kappa shape index (κ1) is 17.3. The number of nitrogens with one attached hydrogen (secondary N) is 2. The maximum absolute atomic E-state index is 11.7. The normalized spacial score (nSPS) is 10.5. The molecule has 0 radical (unpaired) electrons. The van der Waals surface area contributed by atoms with Crippen molar-refractivity contribution in [3.63, 3.8) is 0 Å². The van der Waals surface area contributed by atoms with E-state index < -0.39 is 0 Å². The third-order valence-corrected chi connectivity index (χ3v) is 3.13. The zero-order valence-corrected chi connectivity index (χ0v) is 13.5. The van der Waals surface area contributed by atoms with E-state index >= 15 is 0 Å². The molecule has 2 N–H and O–H groups in total. The molecule has 1 amide bonds. The number of carbonyl (C=O) groups is 1. The molecule has 0 aromatic heterocycles. The molecule has 0 spiro atoms. The summed E-state index contributed by atoms with van der Waals surface area (Å²) in [6.45, 7) is 4.34. The lowest BCUT2D eigenvalue weighted by Crippen LogP contribution is -2.28. The van der Waals surface area contributed by atoms with Gasteiger partial charge in [0.15, 0.2) is 0 Å². The summed E-state index contributed by atoms with van der Waals surface area (Å²) in [5.41, 5.74) is 2.09. The van der Waals surface area contributed by atoms with Crippen molar-refractivity contribution in [3.05, 3.63) is 23.8 Å². The Hall–Kier alpha value is -1.75. The van der Waals surface area contributed by atoms with Crippen molar-refractivity contribution < 1.29 is 9.53 Å². The zero-order chi connectivity index (χ0) is 15.7. The fraction of sp³-hybridized carbons (Fsp3) is 0.562. The third-order valence-electron chi connectivity index (χ3n) is 3.13. The molecular weight excluding hydrogens is 266 g/mol. The summed E-state index contributed by atoms with van der Waals surface area (Å²) in [6.07, 6.45) is 1.43. The Kier molecular flexibility index (Phi) is 7.61. The molecule has 0 aliphatic rings. The molecule has 1 aromatic rings. The SMILES string of the molecule is COc1ccc(C)cc1NCCC(=O)NCCCN(C)C. The molecule has 0 fully saturated rings. The van der Waals surface area contributed by atoms with Crippen LogP contribution in [-0.4, -0.2) is 51.6 Å². The van der Waals surface area contributed by atoms with Crippen LogP contribution < -0.4 is 15.4 Å². The van der Waals surface area contributed by atoms with Gasteiger partial charge < -0.3 is 20.3 Å². The van der Waals surface area contributed by atoms with E-state index in [1.165, 1.54) is 0 Å². The summed E-state index contributed by atoms with van der Waals surface area (Å²) in [6, 6.07) is 5.95. The zero-order valence-electron chi connectivity index (χ0n) is 13.5. The lowest BCUT2D eigenvalue weighted by atomic mass is 10.2. The highest BCUT2D eigenvalue weighted by Gasteiger charge is 2.04. The van der Waals surface area contributed by atoms with Crippen molar-refractivity contribution in [2.75, 3.05) is 46.2 Å². The molecule has 0 saturated carbocycles. The number of carbonyl (C=O) groups excluding carboxylic acids is 1. The Morgan fingerprint density at radius 2 is 2.05 bits per heavy atom. The van der Waals surface area contributed by atoms with Gasteiger partial charge in [0, 0.05) is 19.5 Å². The molecule has 0 saturated heterocycles. The molecule has 0 heterocycles. The van der Waals surface area contributed by atoms with E-state index in [0.717, 1.165) is 36.5 Å². The highest BCUT2D eigenvalue weighted by Crippen LogP contribution is 2.24. The summed E-state index contributed by atoms with van der Waals surface area (Å²) in [4.78, 5) is 13.8. The lowest BCUT2D eigenvalue weighted by molar-refractivity contribution is -0.120. The Balaban J connectivity index is 2.27. The van der Waals surface area contributed by atoms with Crippen LogP contribution in [0.4, 0.5) is 5.69 Å². The molecule has 1 aromatic carbocycles. The van der Waals surface area contributed by atoms with E-state index in [9.17, 15) is 4.79 Å². The van der Waals surface area contributed by atoms with E-state index in [1.807, 2.05) is 39.2 Å². The fourth-order valence-corrected chi connectivity index (χ4v) is 1.98. The van der Waals surface area contributed by atoms with E-state index in [0.29, 0.717) is 13.0 Å². The Labute approximate surface area is 127 Å². The smallest absolute Gasteiger partial charge is 0.221 e. The summed E-state index contributed by atoms with van der Waals surface area (Å²) in [5, 5.41) is 6.18. The van der Waals surface area contributed by atoms with Crippen LogP contribution in [0, 0.1) is 6.92 Å². The van der Waals surface area contributed by atoms with Gasteiger partial charge in [-0.25, -0.2) is 0 Å². The number of anilines is 1. The van der Waals surface area contributed by atoms with Crippen molar-refractivity contribution in [3.8, 4) is 5.75 Å². The van der Waals surface area contributed by atoms with Crippen LogP contribution in [0.5, 0.6) is 5.75 Å². The topological polar surface area (TPSA) is 53.6 Å². The van der Waals surface area contributed by atoms with E-state index in [2.05, 4.69) is 15.5 Å². The maximum Gasteiger partial charge on any atom is 0.221 e. The van der Waals surface area contributed by atoms with Gasteiger partial charge in [0.2, 0.25) is 5.91 Å². The predicted octanol–water partition coefficient (Wildman–Crippen LogP) is 1.87. The second kappa shape index (κ2) is 9.23. The van der Waals surface area contributed by atoms with Crippen molar-refractivity contribution in [2.45, 2.75) is 19.8 Å². The number of hydrogen-bond acceptors (Lipinski definition) is 4.